The highest BCUT2D eigenvalue weighted by Crippen LogP contribution is 2.38. The molecule has 1 aliphatic heterocycles. The Labute approximate surface area is 133 Å². The first kappa shape index (κ1) is 14.1. The molecule has 0 aromatic heterocycles. The molecular weight excluding hydrogens is 315 g/mol. The maximum atomic E-state index is 6.57. The molecule has 0 aliphatic carbocycles. The summed E-state index contributed by atoms with van der Waals surface area (Å²) in [4.78, 5) is 0. The zero-order valence-corrected chi connectivity index (χ0v) is 13.0. The van der Waals surface area contributed by atoms with Gasteiger partial charge in [-0.25, -0.2) is 0 Å². The molecule has 0 saturated heterocycles. The molecule has 4 heteroatoms. The Hall–Kier alpha value is -0.890. The Balaban J connectivity index is 1.98. The van der Waals surface area contributed by atoms with Gasteiger partial charge in [-0.05, 0) is 41.7 Å². The Bertz CT molecular complexity index is 640. The lowest BCUT2D eigenvalue weighted by Gasteiger charge is -2.20. The van der Waals surface area contributed by atoms with Crippen LogP contribution in [-0.2, 0) is 6.42 Å². The van der Waals surface area contributed by atoms with Gasteiger partial charge < -0.3 is 4.74 Å². The Morgan fingerprint density at radius 3 is 2.80 bits per heavy atom. The minimum Gasteiger partial charge on any atom is -0.493 e. The monoisotopic (exact) mass is 326 g/mol. The quantitative estimate of drug-likeness (QED) is 0.648. The summed E-state index contributed by atoms with van der Waals surface area (Å²) in [5.41, 5.74) is 3.05. The van der Waals surface area contributed by atoms with E-state index < -0.39 is 0 Å². The van der Waals surface area contributed by atoms with Crippen LogP contribution >= 0.6 is 34.8 Å². The van der Waals surface area contributed by atoms with Crippen LogP contribution in [-0.4, -0.2) is 6.61 Å². The van der Waals surface area contributed by atoms with Crippen molar-refractivity contribution in [3.05, 3.63) is 63.1 Å². The number of hydrogen-bond donors (Lipinski definition) is 0. The first-order chi connectivity index (χ1) is 9.66. The smallest absolute Gasteiger partial charge is 0.122 e. The molecule has 1 heterocycles. The molecule has 0 amide bonds. The van der Waals surface area contributed by atoms with E-state index in [9.17, 15) is 0 Å². The largest absolute Gasteiger partial charge is 0.493 e. The number of benzene rings is 2. The van der Waals surface area contributed by atoms with E-state index in [2.05, 4.69) is 6.07 Å². The second-order valence-corrected chi connectivity index (χ2v) is 6.05. The molecule has 2 aromatic rings. The van der Waals surface area contributed by atoms with Gasteiger partial charge in [0, 0.05) is 0 Å². The summed E-state index contributed by atoms with van der Waals surface area (Å²) in [5.74, 6) is 0.959. The number of aryl methyl sites for hydroxylation is 1. The molecule has 3 rings (SSSR count). The fourth-order valence-corrected chi connectivity index (χ4v) is 3.22. The highest BCUT2D eigenvalue weighted by molar-refractivity contribution is 6.43. The van der Waals surface area contributed by atoms with Crippen LogP contribution in [0, 0.1) is 0 Å². The SMILES string of the molecule is Clc1cccc(C(Cl)c2ccc3c(c2)CCCO3)c1Cl. The van der Waals surface area contributed by atoms with Crippen molar-refractivity contribution in [1.82, 2.24) is 0 Å². The average molecular weight is 328 g/mol. The van der Waals surface area contributed by atoms with Crippen LogP contribution in [0.1, 0.15) is 28.5 Å². The number of rotatable bonds is 2. The van der Waals surface area contributed by atoms with Gasteiger partial charge in [0.15, 0.2) is 0 Å². The molecule has 1 unspecified atom stereocenters. The molecule has 1 aliphatic rings. The molecule has 2 aromatic carbocycles. The van der Waals surface area contributed by atoms with E-state index >= 15 is 0 Å². The Morgan fingerprint density at radius 1 is 1.10 bits per heavy atom. The van der Waals surface area contributed by atoms with Crippen molar-refractivity contribution in [2.24, 2.45) is 0 Å². The summed E-state index contributed by atoms with van der Waals surface area (Å²) in [6, 6.07) is 11.6. The van der Waals surface area contributed by atoms with E-state index in [0.29, 0.717) is 10.0 Å². The molecule has 0 saturated carbocycles. The highest BCUT2D eigenvalue weighted by atomic mass is 35.5. The van der Waals surface area contributed by atoms with Crippen LogP contribution in [0.3, 0.4) is 0 Å². The van der Waals surface area contributed by atoms with Crippen LogP contribution in [0.5, 0.6) is 5.75 Å². The molecular formula is C16H13Cl3O. The summed E-state index contributed by atoms with van der Waals surface area (Å²) in [7, 11) is 0. The Kier molecular flexibility index (Phi) is 4.11. The maximum Gasteiger partial charge on any atom is 0.122 e. The number of alkyl halides is 1. The van der Waals surface area contributed by atoms with Crippen molar-refractivity contribution in [1.29, 1.82) is 0 Å². The molecule has 0 radical (unpaired) electrons. The van der Waals surface area contributed by atoms with Gasteiger partial charge >= 0.3 is 0 Å². The zero-order valence-electron chi connectivity index (χ0n) is 10.7. The van der Waals surface area contributed by atoms with E-state index in [0.717, 1.165) is 36.3 Å². The third kappa shape index (κ3) is 2.63. The minimum absolute atomic E-state index is 0.312. The minimum atomic E-state index is -0.312. The maximum absolute atomic E-state index is 6.57. The molecule has 0 fully saturated rings. The van der Waals surface area contributed by atoms with Crippen LogP contribution in [0.4, 0.5) is 0 Å². The first-order valence-corrected chi connectivity index (χ1v) is 7.69. The van der Waals surface area contributed by atoms with Crippen LogP contribution < -0.4 is 4.74 Å². The molecule has 1 nitrogen and oxygen atoms in total. The fraction of sp³-hybridized carbons (Fsp3) is 0.250. The summed E-state index contributed by atoms with van der Waals surface area (Å²) < 4.78 is 5.62. The second kappa shape index (κ2) is 5.85. The highest BCUT2D eigenvalue weighted by Gasteiger charge is 2.18. The van der Waals surface area contributed by atoms with Crippen molar-refractivity contribution < 1.29 is 4.74 Å². The van der Waals surface area contributed by atoms with Crippen LogP contribution in [0.2, 0.25) is 10.0 Å². The van der Waals surface area contributed by atoms with Crippen molar-refractivity contribution in [2.45, 2.75) is 18.2 Å². The zero-order chi connectivity index (χ0) is 14.1. The third-order valence-electron chi connectivity index (χ3n) is 3.48. The van der Waals surface area contributed by atoms with Gasteiger partial charge in [-0.15, -0.1) is 11.6 Å². The standard InChI is InChI=1S/C16H13Cl3O/c17-13-5-1-4-12(16(13)19)15(18)11-6-7-14-10(9-11)3-2-8-20-14/h1,4-7,9,15H,2-3,8H2. The number of halogens is 3. The Morgan fingerprint density at radius 2 is 1.95 bits per heavy atom. The molecule has 104 valence electrons. The van der Waals surface area contributed by atoms with Crippen molar-refractivity contribution in [3.63, 3.8) is 0 Å². The van der Waals surface area contributed by atoms with Crippen molar-refractivity contribution >= 4 is 34.8 Å². The number of hydrogen-bond acceptors (Lipinski definition) is 1. The van der Waals surface area contributed by atoms with Gasteiger partial charge in [0.2, 0.25) is 0 Å². The van der Waals surface area contributed by atoms with E-state index in [-0.39, 0.29) is 5.38 Å². The number of ether oxygens (including phenoxy) is 1. The van der Waals surface area contributed by atoms with E-state index in [1.54, 1.807) is 6.07 Å². The predicted molar refractivity (Wildman–Crippen MR) is 84.4 cm³/mol. The van der Waals surface area contributed by atoms with Gasteiger partial charge in [-0.3, -0.25) is 0 Å². The van der Waals surface area contributed by atoms with Gasteiger partial charge in [-0.2, -0.15) is 0 Å². The summed E-state index contributed by atoms with van der Waals surface area (Å²) in [6.07, 6.45) is 2.07. The predicted octanol–water partition coefficient (Wildman–Crippen LogP) is 5.65. The van der Waals surface area contributed by atoms with Crippen molar-refractivity contribution in [3.8, 4) is 5.75 Å². The molecule has 0 N–H and O–H groups in total. The topological polar surface area (TPSA) is 9.23 Å². The van der Waals surface area contributed by atoms with Gasteiger partial charge in [-0.1, -0.05) is 47.5 Å². The summed E-state index contributed by atoms with van der Waals surface area (Å²) in [5, 5.41) is 0.729. The normalized spacial score (nSPS) is 15.3. The summed E-state index contributed by atoms with van der Waals surface area (Å²) >= 11 is 18.9. The van der Waals surface area contributed by atoms with Gasteiger partial charge in [0.05, 0.1) is 22.0 Å². The third-order valence-corrected chi connectivity index (χ3v) is 4.80. The molecule has 0 spiro atoms. The van der Waals surface area contributed by atoms with E-state index in [1.807, 2.05) is 24.3 Å². The van der Waals surface area contributed by atoms with Crippen LogP contribution in [0.15, 0.2) is 36.4 Å². The first-order valence-electron chi connectivity index (χ1n) is 6.50. The lowest BCUT2D eigenvalue weighted by molar-refractivity contribution is 0.288. The fourth-order valence-electron chi connectivity index (χ4n) is 2.43. The molecule has 20 heavy (non-hydrogen) atoms. The van der Waals surface area contributed by atoms with E-state index in [4.69, 9.17) is 39.5 Å². The van der Waals surface area contributed by atoms with Gasteiger partial charge in [0.1, 0.15) is 5.75 Å². The second-order valence-electron chi connectivity index (χ2n) is 4.82. The lowest BCUT2D eigenvalue weighted by Crippen LogP contribution is -2.09. The van der Waals surface area contributed by atoms with Crippen molar-refractivity contribution in [2.75, 3.05) is 6.61 Å². The lowest BCUT2D eigenvalue weighted by atomic mass is 9.98. The van der Waals surface area contributed by atoms with E-state index in [1.165, 1.54) is 5.56 Å². The number of fused-ring (bicyclic) bond motifs is 1. The van der Waals surface area contributed by atoms with Crippen LogP contribution in [0.25, 0.3) is 0 Å². The molecule has 1 atom stereocenters. The summed E-state index contributed by atoms with van der Waals surface area (Å²) in [6.45, 7) is 0.788. The van der Waals surface area contributed by atoms with Gasteiger partial charge in [0.25, 0.3) is 0 Å². The average Bonchev–Trinajstić information content (AvgIpc) is 2.49. The molecule has 0 bridgehead atoms.